The lowest BCUT2D eigenvalue weighted by atomic mass is 9.88. The first-order chi connectivity index (χ1) is 24.3. The number of nitrogens with zero attached hydrogens (tertiary/aromatic N) is 5. The highest BCUT2D eigenvalue weighted by atomic mass is 15.1. The highest BCUT2D eigenvalue weighted by Crippen LogP contribution is 2.40. The van der Waals surface area contributed by atoms with Gasteiger partial charge in [-0.05, 0) is 76.3 Å². The number of hydrogen-bond donors (Lipinski definition) is 0. The number of benzene rings is 6. The summed E-state index contributed by atoms with van der Waals surface area (Å²) >= 11 is 0. The van der Waals surface area contributed by atoms with Gasteiger partial charge in [0, 0.05) is 46.0 Å². The second kappa shape index (κ2) is 10.4. The van der Waals surface area contributed by atoms with Crippen molar-refractivity contribution in [2.45, 2.75) is 26.2 Å². The van der Waals surface area contributed by atoms with Crippen LogP contribution in [0.5, 0.6) is 0 Å². The van der Waals surface area contributed by atoms with Crippen LogP contribution >= 0.6 is 0 Å². The average Bonchev–Trinajstić information content (AvgIpc) is 3.78. The van der Waals surface area contributed by atoms with E-state index in [1.165, 1.54) is 43.4 Å². The van der Waals surface area contributed by atoms with Crippen LogP contribution < -0.4 is 0 Å². The van der Waals surface area contributed by atoms with Crippen molar-refractivity contribution >= 4 is 65.4 Å². The summed E-state index contributed by atoms with van der Waals surface area (Å²) in [5.74, 6) is 1.88. The Morgan fingerprint density at radius 2 is 1.26 bits per heavy atom. The molecule has 0 unspecified atom stereocenters. The van der Waals surface area contributed by atoms with Gasteiger partial charge in [-0.3, -0.25) is 4.57 Å². The topological polar surface area (TPSA) is 40.6 Å². The highest BCUT2D eigenvalue weighted by molar-refractivity contribution is 6.21. The summed E-state index contributed by atoms with van der Waals surface area (Å²) in [6.07, 6.45) is 1.95. The van der Waals surface area contributed by atoms with E-state index in [1.807, 2.05) is 12.3 Å². The first-order valence-electron chi connectivity index (χ1n) is 17.2. The van der Waals surface area contributed by atoms with Crippen molar-refractivity contribution in [3.63, 3.8) is 0 Å². The third-order valence-electron chi connectivity index (χ3n) is 10.5. The van der Waals surface area contributed by atoms with E-state index in [9.17, 15) is 0 Å². The van der Waals surface area contributed by atoms with E-state index in [-0.39, 0.29) is 5.41 Å². The molecule has 0 amide bonds. The van der Waals surface area contributed by atoms with Crippen molar-refractivity contribution in [1.82, 2.24) is 23.7 Å². The molecule has 0 aliphatic heterocycles. The fraction of sp³-hybridized carbons (Fsp3) is 0.111. The molecule has 4 heterocycles. The third kappa shape index (κ3) is 4.13. The van der Waals surface area contributed by atoms with Crippen molar-refractivity contribution in [1.29, 1.82) is 0 Å². The second-order valence-corrected chi connectivity index (χ2v) is 14.4. The van der Waals surface area contributed by atoms with Crippen LogP contribution in [0.1, 0.15) is 26.3 Å². The molecule has 0 spiro atoms. The molecular weight excluding hydrogens is 611 g/mol. The molecule has 6 aromatic carbocycles. The molecule has 50 heavy (non-hydrogen) atoms. The van der Waals surface area contributed by atoms with E-state index < -0.39 is 0 Å². The van der Waals surface area contributed by atoms with Crippen molar-refractivity contribution < 1.29 is 0 Å². The molecule has 0 N–H and O–H groups in total. The molecule has 0 saturated carbocycles. The van der Waals surface area contributed by atoms with Crippen molar-refractivity contribution in [3.8, 4) is 22.9 Å². The standard InChI is InChI=1S/C45H35N5/c1-45(2,3)30-23-24-46-42(26-30)50-39-22-18-28-11-5-6-12-32(28)43(39)35-21-19-31(27-41(35)50)49-37-15-9-7-13-33(37)34-20-17-29(25-40(34)49)44-47-36-14-8-10-16-38(36)48(44)4/h5-27H,1-4H3. The molecule has 0 bridgehead atoms. The van der Waals surface area contributed by atoms with E-state index in [1.54, 1.807) is 0 Å². The maximum absolute atomic E-state index is 5.05. The molecule has 10 rings (SSSR count). The minimum atomic E-state index is -0.00591. The maximum atomic E-state index is 5.05. The smallest absolute Gasteiger partial charge is 0.140 e. The third-order valence-corrected chi connectivity index (χ3v) is 10.5. The van der Waals surface area contributed by atoms with Gasteiger partial charge >= 0.3 is 0 Å². The number of aryl methyl sites for hydroxylation is 1. The van der Waals surface area contributed by atoms with Gasteiger partial charge in [0.25, 0.3) is 0 Å². The first-order valence-corrected chi connectivity index (χ1v) is 17.2. The van der Waals surface area contributed by atoms with Crippen molar-refractivity contribution in [3.05, 3.63) is 145 Å². The Kier molecular flexibility index (Phi) is 5.99. The Labute approximate surface area is 289 Å². The fourth-order valence-electron chi connectivity index (χ4n) is 7.96. The lowest BCUT2D eigenvalue weighted by Gasteiger charge is -2.20. The summed E-state index contributed by atoms with van der Waals surface area (Å²) in [6.45, 7) is 6.77. The van der Waals surface area contributed by atoms with Gasteiger partial charge in [0.2, 0.25) is 0 Å². The minimum absolute atomic E-state index is 0.00591. The Morgan fingerprint density at radius 3 is 2.10 bits per heavy atom. The van der Waals surface area contributed by atoms with E-state index in [4.69, 9.17) is 9.97 Å². The number of imidazole rings is 1. The van der Waals surface area contributed by atoms with Crippen molar-refractivity contribution in [2.75, 3.05) is 0 Å². The predicted molar refractivity (Wildman–Crippen MR) is 209 cm³/mol. The highest BCUT2D eigenvalue weighted by Gasteiger charge is 2.21. The van der Waals surface area contributed by atoms with Crippen LogP contribution in [0, 0.1) is 0 Å². The largest absolute Gasteiger partial charge is 0.327 e. The van der Waals surface area contributed by atoms with Crippen LogP contribution in [0.2, 0.25) is 0 Å². The average molecular weight is 646 g/mol. The number of para-hydroxylation sites is 3. The molecule has 0 saturated heterocycles. The minimum Gasteiger partial charge on any atom is -0.327 e. The molecule has 0 atom stereocenters. The van der Waals surface area contributed by atoms with Crippen LogP contribution in [0.25, 0.3) is 88.3 Å². The van der Waals surface area contributed by atoms with Crippen molar-refractivity contribution in [2.24, 2.45) is 7.05 Å². The SMILES string of the molecule is Cn1c(-c2ccc3c4ccccc4n(-c4ccc5c6c7ccccc7ccc6n(-c6cc(C(C)(C)C)ccn6)c5c4)c3c2)nc2ccccc21. The van der Waals surface area contributed by atoms with E-state index in [2.05, 4.69) is 169 Å². The van der Waals surface area contributed by atoms with Gasteiger partial charge in [-0.25, -0.2) is 9.97 Å². The van der Waals surface area contributed by atoms with Crippen LogP contribution in [0.15, 0.2) is 140 Å². The van der Waals surface area contributed by atoms with Gasteiger partial charge in [-0.2, -0.15) is 0 Å². The van der Waals surface area contributed by atoms with Crippen LogP contribution in [-0.4, -0.2) is 23.7 Å². The molecular formula is C45H35N5. The van der Waals surface area contributed by atoms with Crippen LogP contribution in [0.3, 0.4) is 0 Å². The lowest BCUT2D eigenvalue weighted by molar-refractivity contribution is 0.588. The van der Waals surface area contributed by atoms with E-state index in [0.717, 1.165) is 50.5 Å². The first kappa shape index (κ1) is 28.8. The summed E-state index contributed by atoms with van der Waals surface area (Å²) in [5, 5.41) is 7.39. The van der Waals surface area contributed by atoms with Gasteiger partial charge < -0.3 is 9.13 Å². The van der Waals surface area contributed by atoms with Crippen LogP contribution in [0.4, 0.5) is 0 Å². The zero-order valence-corrected chi connectivity index (χ0v) is 28.5. The summed E-state index contributed by atoms with van der Waals surface area (Å²) in [7, 11) is 2.10. The Morgan fingerprint density at radius 1 is 0.540 bits per heavy atom. The molecule has 0 radical (unpaired) electrons. The molecule has 240 valence electrons. The maximum Gasteiger partial charge on any atom is 0.140 e. The van der Waals surface area contributed by atoms with Gasteiger partial charge in [0.05, 0.1) is 33.1 Å². The fourth-order valence-corrected chi connectivity index (χ4v) is 7.96. The molecule has 0 aliphatic carbocycles. The summed E-state index contributed by atoms with van der Waals surface area (Å²) in [6, 6.07) is 48.3. The van der Waals surface area contributed by atoms with Gasteiger partial charge in [0.15, 0.2) is 0 Å². The number of hydrogen-bond acceptors (Lipinski definition) is 2. The lowest BCUT2D eigenvalue weighted by Crippen LogP contribution is -2.12. The molecule has 5 heteroatoms. The van der Waals surface area contributed by atoms with Crippen LogP contribution in [-0.2, 0) is 12.5 Å². The van der Waals surface area contributed by atoms with Gasteiger partial charge in [-0.1, -0.05) is 99.6 Å². The molecule has 10 aromatic rings. The number of aromatic nitrogens is 5. The predicted octanol–water partition coefficient (Wildman–Crippen LogP) is 11.3. The summed E-state index contributed by atoms with van der Waals surface area (Å²) in [4.78, 5) is 10.0. The Hall–Kier alpha value is -6.20. The quantitative estimate of drug-likeness (QED) is 0.192. The second-order valence-electron chi connectivity index (χ2n) is 14.4. The zero-order valence-electron chi connectivity index (χ0n) is 28.5. The van der Waals surface area contributed by atoms with E-state index >= 15 is 0 Å². The van der Waals surface area contributed by atoms with Gasteiger partial charge in [-0.15, -0.1) is 0 Å². The normalized spacial score (nSPS) is 12.4. The van der Waals surface area contributed by atoms with Gasteiger partial charge in [0.1, 0.15) is 11.6 Å². The Bertz CT molecular complexity index is 2980. The molecule has 0 aliphatic rings. The number of pyridine rings is 1. The number of rotatable bonds is 3. The summed E-state index contributed by atoms with van der Waals surface area (Å²) < 4.78 is 6.96. The van der Waals surface area contributed by atoms with E-state index in [0.29, 0.717) is 0 Å². The molecule has 0 fully saturated rings. The monoisotopic (exact) mass is 645 g/mol. The zero-order chi connectivity index (χ0) is 33.7. The Balaban J connectivity index is 1.28. The molecule has 5 nitrogen and oxygen atoms in total. The molecule has 4 aromatic heterocycles. The number of fused-ring (bicyclic) bond motifs is 9. The summed E-state index contributed by atoms with van der Waals surface area (Å²) in [5.41, 5.74) is 10.2.